The molecule has 1 nitrogen and oxygen atoms in total. The molecule has 0 amide bonds. The first-order valence-corrected chi connectivity index (χ1v) is 10.9. The lowest BCUT2D eigenvalue weighted by molar-refractivity contribution is -0.161. The number of hydrogen-bond donors (Lipinski definition) is 0. The second-order valence-electron chi connectivity index (χ2n) is 11.3. The van der Waals surface area contributed by atoms with E-state index in [1.165, 1.54) is 64.2 Å². The van der Waals surface area contributed by atoms with Gasteiger partial charge in [0.25, 0.3) is 0 Å². The maximum absolute atomic E-state index is 7.02. The molecule has 0 saturated carbocycles. The molecule has 0 heterocycles. The Morgan fingerprint density at radius 1 is 0.480 bits per heavy atom. The maximum Gasteiger partial charge on any atom is 0.0662 e. The molecular formula is C24H50O. The lowest BCUT2D eigenvalue weighted by atomic mass is 9.80. The molecule has 0 bridgehead atoms. The molecular weight excluding hydrogens is 304 g/mol. The van der Waals surface area contributed by atoms with Crippen molar-refractivity contribution in [2.75, 3.05) is 0 Å². The molecule has 2 atom stereocenters. The molecule has 0 aliphatic rings. The zero-order valence-corrected chi connectivity index (χ0v) is 19.5. The Morgan fingerprint density at radius 3 is 1.04 bits per heavy atom. The molecule has 0 radical (unpaired) electrons. The van der Waals surface area contributed by atoms with Gasteiger partial charge < -0.3 is 4.74 Å². The van der Waals surface area contributed by atoms with Crippen LogP contribution in [-0.4, -0.2) is 11.2 Å². The summed E-state index contributed by atoms with van der Waals surface area (Å²) < 4.78 is 7.02. The Balaban J connectivity index is 5.19. The summed E-state index contributed by atoms with van der Waals surface area (Å²) in [6.07, 6.45) is 12.2. The highest BCUT2D eigenvalue weighted by Crippen LogP contribution is 2.39. The first kappa shape index (κ1) is 25.0. The van der Waals surface area contributed by atoms with Gasteiger partial charge in [-0.25, -0.2) is 0 Å². The Hall–Kier alpha value is -0.0400. The van der Waals surface area contributed by atoms with E-state index in [9.17, 15) is 0 Å². The molecule has 0 aliphatic carbocycles. The van der Waals surface area contributed by atoms with Gasteiger partial charge in [0, 0.05) is 0 Å². The van der Waals surface area contributed by atoms with Gasteiger partial charge in [0.1, 0.15) is 0 Å². The summed E-state index contributed by atoms with van der Waals surface area (Å²) in [5.74, 6) is 0. The van der Waals surface area contributed by atoms with Gasteiger partial charge in [-0.05, 0) is 63.2 Å². The smallest absolute Gasteiger partial charge is 0.0662 e. The highest BCUT2D eigenvalue weighted by molar-refractivity contribution is 4.86. The fourth-order valence-corrected chi connectivity index (χ4v) is 3.43. The predicted octanol–water partition coefficient (Wildman–Crippen LogP) is 8.55. The Morgan fingerprint density at radius 2 is 0.800 bits per heavy atom. The topological polar surface area (TPSA) is 9.23 Å². The molecule has 0 aromatic heterocycles. The van der Waals surface area contributed by atoms with E-state index in [1.807, 2.05) is 0 Å². The maximum atomic E-state index is 7.02. The van der Waals surface area contributed by atoms with Crippen LogP contribution in [0.25, 0.3) is 0 Å². The third-order valence-corrected chi connectivity index (χ3v) is 5.42. The van der Waals surface area contributed by atoms with Crippen LogP contribution in [0.4, 0.5) is 0 Å². The van der Waals surface area contributed by atoms with Crippen molar-refractivity contribution in [1.29, 1.82) is 0 Å². The summed E-state index contributed by atoms with van der Waals surface area (Å²) in [7, 11) is 0. The summed E-state index contributed by atoms with van der Waals surface area (Å²) >= 11 is 0. The minimum atomic E-state index is 0.0175. The summed E-state index contributed by atoms with van der Waals surface area (Å²) in [4.78, 5) is 0. The third kappa shape index (κ3) is 12.9. The monoisotopic (exact) mass is 354 g/mol. The Kier molecular flexibility index (Phi) is 10.3. The van der Waals surface area contributed by atoms with Crippen molar-refractivity contribution in [2.45, 2.75) is 145 Å². The van der Waals surface area contributed by atoms with Crippen molar-refractivity contribution in [3.63, 3.8) is 0 Å². The first-order chi connectivity index (χ1) is 11.2. The van der Waals surface area contributed by atoms with Crippen LogP contribution in [0.1, 0.15) is 133 Å². The average Bonchev–Trinajstić information content (AvgIpc) is 2.46. The molecule has 0 N–H and O–H groups in total. The highest BCUT2D eigenvalue weighted by atomic mass is 16.5. The van der Waals surface area contributed by atoms with Crippen LogP contribution in [0.15, 0.2) is 0 Å². The Labute approximate surface area is 160 Å². The molecule has 0 aliphatic heterocycles. The van der Waals surface area contributed by atoms with Crippen molar-refractivity contribution in [3.05, 3.63) is 0 Å². The van der Waals surface area contributed by atoms with Crippen LogP contribution in [0, 0.1) is 10.8 Å². The zero-order chi connectivity index (χ0) is 19.8. The van der Waals surface area contributed by atoms with Crippen LogP contribution in [-0.2, 0) is 4.74 Å². The lowest BCUT2D eigenvalue weighted by Gasteiger charge is -2.43. The fourth-order valence-electron chi connectivity index (χ4n) is 3.43. The van der Waals surface area contributed by atoms with Crippen molar-refractivity contribution in [1.82, 2.24) is 0 Å². The van der Waals surface area contributed by atoms with Gasteiger partial charge >= 0.3 is 0 Å². The van der Waals surface area contributed by atoms with E-state index in [2.05, 4.69) is 69.2 Å². The molecule has 0 rings (SSSR count). The molecule has 2 unspecified atom stereocenters. The lowest BCUT2D eigenvalue weighted by Crippen LogP contribution is -2.42. The minimum absolute atomic E-state index is 0.0175. The SMILES string of the molecule is CCCCC(C)(CCC(C)(C)C)OC(C)(CCCC)CCC(C)(C)C. The van der Waals surface area contributed by atoms with Crippen molar-refractivity contribution in [2.24, 2.45) is 10.8 Å². The van der Waals surface area contributed by atoms with Gasteiger partial charge in [-0.2, -0.15) is 0 Å². The molecule has 0 spiro atoms. The fraction of sp³-hybridized carbons (Fsp3) is 1.00. The number of rotatable bonds is 12. The van der Waals surface area contributed by atoms with Gasteiger partial charge in [-0.3, -0.25) is 0 Å². The van der Waals surface area contributed by atoms with E-state index in [0.717, 1.165) is 0 Å². The highest BCUT2D eigenvalue weighted by Gasteiger charge is 2.36. The molecule has 1 heteroatoms. The molecule has 0 aromatic rings. The van der Waals surface area contributed by atoms with Crippen molar-refractivity contribution >= 4 is 0 Å². The number of ether oxygens (including phenoxy) is 1. The van der Waals surface area contributed by atoms with Crippen LogP contribution in [0.3, 0.4) is 0 Å². The summed E-state index contributed by atoms with van der Waals surface area (Å²) in [5, 5.41) is 0. The van der Waals surface area contributed by atoms with Crippen LogP contribution >= 0.6 is 0 Å². The Bertz CT molecular complexity index is 312. The van der Waals surface area contributed by atoms with Crippen molar-refractivity contribution in [3.8, 4) is 0 Å². The standard InChI is InChI=1S/C24H50O/c1-11-13-15-23(9,19-17-21(3,4)5)25-24(10,16-14-12-2)20-18-22(6,7)8/h11-20H2,1-10H3. The average molecular weight is 355 g/mol. The third-order valence-electron chi connectivity index (χ3n) is 5.42. The molecule has 25 heavy (non-hydrogen) atoms. The van der Waals surface area contributed by atoms with E-state index in [4.69, 9.17) is 4.74 Å². The summed E-state index contributed by atoms with van der Waals surface area (Å²) in [6, 6.07) is 0. The molecule has 0 fully saturated rings. The molecule has 152 valence electrons. The van der Waals surface area contributed by atoms with E-state index >= 15 is 0 Å². The van der Waals surface area contributed by atoms with Gasteiger partial charge in [-0.15, -0.1) is 0 Å². The quantitative estimate of drug-likeness (QED) is 0.341. The second-order valence-corrected chi connectivity index (χ2v) is 11.3. The van der Waals surface area contributed by atoms with Crippen LogP contribution in [0.2, 0.25) is 0 Å². The summed E-state index contributed by atoms with van der Waals surface area (Å²) in [5.41, 5.74) is 0.789. The van der Waals surface area contributed by atoms with Gasteiger partial charge in [0.2, 0.25) is 0 Å². The van der Waals surface area contributed by atoms with Gasteiger partial charge in [0.15, 0.2) is 0 Å². The normalized spacial score (nSPS) is 18.0. The predicted molar refractivity (Wildman–Crippen MR) is 114 cm³/mol. The first-order valence-electron chi connectivity index (χ1n) is 10.9. The van der Waals surface area contributed by atoms with E-state index in [-0.39, 0.29) is 11.2 Å². The summed E-state index contributed by atoms with van der Waals surface area (Å²) in [6.45, 7) is 23.5. The van der Waals surface area contributed by atoms with Gasteiger partial charge in [-0.1, -0.05) is 81.1 Å². The largest absolute Gasteiger partial charge is 0.369 e. The number of unbranched alkanes of at least 4 members (excludes halogenated alkanes) is 2. The number of hydrogen-bond acceptors (Lipinski definition) is 1. The van der Waals surface area contributed by atoms with Crippen LogP contribution < -0.4 is 0 Å². The van der Waals surface area contributed by atoms with E-state index in [1.54, 1.807) is 0 Å². The zero-order valence-electron chi connectivity index (χ0n) is 19.5. The van der Waals surface area contributed by atoms with Gasteiger partial charge in [0.05, 0.1) is 11.2 Å². The van der Waals surface area contributed by atoms with Crippen LogP contribution in [0.5, 0.6) is 0 Å². The minimum Gasteiger partial charge on any atom is -0.369 e. The van der Waals surface area contributed by atoms with E-state index < -0.39 is 0 Å². The molecule has 0 aromatic carbocycles. The second kappa shape index (κ2) is 10.3. The molecule has 0 saturated heterocycles. The van der Waals surface area contributed by atoms with Crippen molar-refractivity contribution < 1.29 is 4.74 Å². The van der Waals surface area contributed by atoms with E-state index in [0.29, 0.717) is 10.8 Å².